The van der Waals surface area contributed by atoms with Crippen molar-refractivity contribution < 1.29 is 19.1 Å². The predicted molar refractivity (Wildman–Crippen MR) is 91.7 cm³/mol. The number of aryl methyl sites for hydroxylation is 1. The first kappa shape index (κ1) is 17.0. The van der Waals surface area contributed by atoms with E-state index in [9.17, 15) is 9.59 Å². The van der Waals surface area contributed by atoms with Gasteiger partial charge in [-0.1, -0.05) is 6.07 Å². The van der Waals surface area contributed by atoms with E-state index < -0.39 is 5.97 Å². The molecule has 0 N–H and O–H groups in total. The molecule has 1 aliphatic heterocycles. The number of esters is 1. The third-order valence-corrected chi connectivity index (χ3v) is 4.16. The monoisotopic (exact) mass is 340 g/mol. The Labute approximate surface area is 146 Å². The molecule has 1 saturated heterocycles. The zero-order valence-electron chi connectivity index (χ0n) is 14.3. The lowest BCUT2D eigenvalue weighted by atomic mass is 10.1. The van der Waals surface area contributed by atoms with Crippen LogP contribution in [0.4, 0.5) is 0 Å². The molecule has 25 heavy (non-hydrogen) atoms. The Morgan fingerprint density at radius 1 is 1.12 bits per heavy atom. The summed E-state index contributed by atoms with van der Waals surface area (Å²) in [6.45, 7) is 3.12. The normalized spacial score (nSPS) is 16.6. The summed E-state index contributed by atoms with van der Waals surface area (Å²) in [5, 5.41) is 0. The van der Waals surface area contributed by atoms with Gasteiger partial charge in [-0.25, -0.2) is 9.78 Å². The predicted octanol–water partition coefficient (Wildman–Crippen LogP) is 2.47. The molecular weight excluding hydrogens is 320 g/mol. The summed E-state index contributed by atoms with van der Waals surface area (Å²) in [4.78, 5) is 30.0. The topological polar surface area (TPSA) is 68.7 Å². The van der Waals surface area contributed by atoms with E-state index in [1.807, 2.05) is 19.1 Å². The molecule has 1 aromatic heterocycles. The Balaban J connectivity index is 1.60. The van der Waals surface area contributed by atoms with E-state index >= 15 is 0 Å². The molecule has 0 saturated carbocycles. The number of nitrogens with zero attached hydrogens (tertiary/aromatic N) is 2. The number of amides is 1. The maximum atomic E-state index is 12.6. The number of aromatic nitrogens is 1. The van der Waals surface area contributed by atoms with Gasteiger partial charge in [0.15, 0.2) is 0 Å². The van der Waals surface area contributed by atoms with Crippen LogP contribution in [0.5, 0.6) is 5.88 Å². The average Bonchev–Trinajstić information content (AvgIpc) is 3.11. The minimum absolute atomic E-state index is 0.0616. The molecule has 3 rings (SSSR count). The van der Waals surface area contributed by atoms with Crippen LogP contribution in [-0.4, -0.2) is 48.1 Å². The number of benzene rings is 1. The summed E-state index contributed by atoms with van der Waals surface area (Å²) in [5.41, 5.74) is 2.04. The second-order valence-electron chi connectivity index (χ2n) is 6.02. The van der Waals surface area contributed by atoms with Crippen molar-refractivity contribution in [2.24, 2.45) is 0 Å². The van der Waals surface area contributed by atoms with Crippen LogP contribution in [-0.2, 0) is 4.74 Å². The van der Waals surface area contributed by atoms with Crippen LogP contribution >= 0.6 is 0 Å². The van der Waals surface area contributed by atoms with Gasteiger partial charge in [-0.3, -0.25) is 4.79 Å². The number of carbonyl (C=O) groups is 2. The summed E-state index contributed by atoms with van der Waals surface area (Å²) >= 11 is 0. The van der Waals surface area contributed by atoms with Gasteiger partial charge in [0, 0.05) is 30.8 Å². The Hall–Kier alpha value is -2.89. The fourth-order valence-corrected chi connectivity index (χ4v) is 2.75. The molecule has 0 spiro atoms. The second kappa shape index (κ2) is 7.34. The number of rotatable bonds is 4. The van der Waals surface area contributed by atoms with Crippen LogP contribution in [0.1, 0.15) is 32.7 Å². The van der Waals surface area contributed by atoms with E-state index in [1.165, 1.54) is 7.11 Å². The van der Waals surface area contributed by atoms with Crippen molar-refractivity contribution in [1.82, 2.24) is 9.88 Å². The van der Waals surface area contributed by atoms with Crippen molar-refractivity contribution in [2.45, 2.75) is 19.4 Å². The summed E-state index contributed by atoms with van der Waals surface area (Å²) in [7, 11) is 1.33. The van der Waals surface area contributed by atoms with Crippen LogP contribution in [0, 0.1) is 6.92 Å². The van der Waals surface area contributed by atoms with Gasteiger partial charge < -0.3 is 14.4 Å². The molecule has 1 aliphatic rings. The van der Waals surface area contributed by atoms with Gasteiger partial charge in [0.25, 0.3) is 5.91 Å². The fraction of sp³-hybridized carbons (Fsp3) is 0.316. The summed E-state index contributed by atoms with van der Waals surface area (Å²) < 4.78 is 10.5. The van der Waals surface area contributed by atoms with E-state index in [1.54, 1.807) is 35.4 Å². The van der Waals surface area contributed by atoms with Crippen molar-refractivity contribution in [2.75, 3.05) is 20.2 Å². The Morgan fingerprint density at radius 3 is 2.48 bits per heavy atom. The smallest absolute Gasteiger partial charge is 0.337 e. The number of methoxy groups -OCH3 is 1. The van der Waals surface area contributed by atoms with E-state index in [-0.39, 0.29) is 12.0 Å². The minimum atomic E-state index is -0.417. The van der Waals surface area contributed by atoms with Gasteiger partial charge in [-0.15, -0.1) is 0 Å². The lowest BCUT2D eigenvalue weighted by Crippen LogP contribution is -2.31. The second-order valence-corrected chi connectivity index (χ2v) is 6.02. The van der Waals surface area contributed by atoms with Crippen molar-refractivity contribution in [1.29, 1.82) is 0 Å². The van der Waals surface area contributed by atoms with E-state index in [4.69, 9.17) is 4.74 Å². The molecule has 0 radical (unpaired) electrons. The molecule has 2 aromatic rings. The number of pyridine rings is 1. The van der Waals surface area contributed by atoms with Crippen molar-refractivity contribution in [3.63, 3.8) is 0 Å². The van der Waals surface area contributed by atoms with E-state index in [0.717, 1.165) is 12.0 Å². The molecule has 6 heteroatoms. The highest BCUT2D eigenvalue weighted by Gasteiger charge is 2.28. The van der Waals surface area contributed by atoms with Gasteiger partial charge >= 0.3 is 5.97 Å². The van der Waals surface area contributed by atoms with Gasteiger partial charge in [-0.2, -0.15) is 0 Å². The molecular formula is C19H20N2O4. The van der Waals surface area contributed by atoms with E-state index in [2.05, 4.69) is 9.72 Å². The molecule has 2 heterocycles. The first-order chi connectivity index (χ1) is 12.1. The van der Waals surface area contributed by atoms with Crippen LogP contribution in [0.25, 0.3) is 0 Å². The highest BCUT2D eigenvalue weighted by atomic mass is 16.5. The summed E-state index contributed by atoms with van der Waals surface area (Å²) in [5.74, 6) is 0.0888. The number of hydrogen-bond donors (Lipinski definition) is 0. The highest BCUT2D eigenvalue weighted by Crippen LogP contribution is 2.19. The van der Waals surface area contributed by atoms with Gasteiger partial charge in [-0.05, 0) is 36.8 Å². The lowest BCUT2D eigenvalue weighted by Gasteiger charge is -2.17. The number of ether oxygens (including phenoxy) is 2. The van der Waals surface area contributed by atoms with Crippen molar-refractivity contribution in [3.8, 4) is 5.88 Å². The summed E-state index contributed by atoms with van der Waals surface area (Å²) in [6, 6.07) is 10.3. The molecule has 130 valence electrons. The molecule has 1 amide bonds. The van der Waals surface area contributed by atoms with Crippen LogP contribution in [0.2, 0.25) is 0 Å². The number of likely N-dealkylation sites (tertiary alicyclic amines) is 1. The van der Waals surface area contributed by atoms with Gasteiger partial charge in [0.05, 0.1) is 19.2 Å². The lowest BCUT2D eigenvalue weighted by molar-refractivity contribution is 0.0600. The number of hydrogen-bond acceptors (Lipinski definition) is 5. The highest BCUT2D eigenvalue weighted by molar-refractivity contribution is 5.96. The molecule has 1 fully saturated rings. The third-order valence-electron chi connectivity index (χ3n) is 4.16. The molecule has 0 aliphatic carbocycles. The van der Waals surface area contributed by atoms with E-state index in [0.29, 0.717) is 30.1 Å². The van der Waals surface area contributed by atoms with Gasteiger partial charge in [0.2, 0.25) is 5.88 Å². The summed E-state index contributed by atoms with van der Waals surface area (Å²) in [6.07, 6.45) is 2.46. The Morgan fingerprint density at radius 2 is 1.84 bits per heavy atom. The zero-order valence-corrected chi connectivity index (χ0v) is 14.3. The van der Waals surface area contributed by atoms with Gasteiger partial charge in [0.1, 0.15) is 6.10 Å². The molecule has 6 nitrogen and oxygen atoms in total. The SMILES string of the molecule is COC(=O)c1ccc(C(=O)N2CCC(Oc3ccc(C)cn3)C2)cc1. The van der Waals surface area contributed by atoms with Crippen LogP contribution in [0.3, 0.4) is 0 Å². The average molecular weight is 340 g/mol. The minimum Gasteiger partial charge on any atom is -0.472 e. The van der Waals surface area contributed by atoms with Crippen molar-refractivity contribution in [3.05, 3.63) is 59.3 Å². The van der Waals surface area contributed by atoms with Crippen molar-refractivity contribution >= 4 is 11.9 Å². The van der Waals surface area contributed by atoms with Crippen LogP contribution < -0.4 is 4.74 Å². The molecule has 1 unspecified atom stereocenters. The fourth-order valence-electron chi connectivity index (χ4n) is 2.75. The largest absolute Gasteiger partial charge is 0.472 e. The molecule has 1 atom stereocenters. The first-order valence-corrected chi connectivity index (χ1v) is 8.14. The first-order valence-electron chi connectivity index (χ1n) is 8.14. The van der Waals surface area contributed by atoms with Crippen LogP contribution in [0.15, 0.2) is 42.6 Å². The Kier molecular flexibility index (Phi) is 4.97. The molecule has 1 aromatic carbocycles. The zero-order chi connectivity index (χ0) is 17.8. The quantitative estimate of drug-likeness (QED) is 0.800. The Bertz CT molecular complexity index is 756. The molecule has 0 bridgehead atoms. The third kappa shape index (κ3) is 3.96. The number of carbonyl (C=O) groups excluding carboxylic acids is 2. The standard InChI is InChI=1S/C19H20N2O4/c1-13-3-8-17(20-11-13)25-16-9-10-21(12-16)18(22)14-4-6-15(7-5-14)19(23)24-2/h3-8,11,16H,9-10,12H2,1-2H3. The maximum absolute atomic E-state index is 12.6. The maximum Gasteiger partial charge on any atom is 0.337 e.